The number of nitrogens with zero attached hydrogens (tertiary/aromatic N) is 3. The summed E-state index contributed by atoms with van der Waals surface area (Å²) >= 11 is 0. The average molecular weight is 403 g/mol. The second kappa shape index (κ2) is 8.12. The minimum absolute atomic E-state index is 0.0331. The van der Waals surface area contributed by atoms with Crippen LogP contribution in [0.15, 0.2) is 71.1 Å². The number of aromatic nitrogens is 2. The molecule has 0 aliphatic heterocycles. The Hall–Kier alpha value is -4.07. The van der Waals surface area contributed by atoms with E-state index in [9.17, 15) is 14.9 Å². The number of esters is 1. The molecular formula is C22H17N3O5. The van der Waals surface area contributed by atoms with E-state index in [0.29, 0.717) is 5.56 Å². The number of carbonyl (C=O) groups excluding carboxylic acids is 1. The third-order valence-corrected chi connectivity index (χ3v) is 4.64. The van der Waals surface area contributed by atoms with Crippen molar-refractivity contribution in [3.8, 4) is 11.5 Å². The van der Waals surface area contributed by atoms with Crippen LogP contribution in [0.4, 0.5) is 5.69 Å². The first-order valence-corrected chi connectivity index (χ1v) is 9.25. The van der Waals surface area contributed by atoms with Gasteiger partial charge in [0.2, 0.25) is 5.89 Å². The summed E-state index contributed by atoms with van der Waals surface area (Å²) in [6.07, 6.45) is -0.610. The Morgan fingerprint density at radius 3 is 2.57 bits per heavy atom. The van der Waals surface area contributed by atoms with Crippen LogP contribution in [0.3, 0.4) is 0 Å². The zero-order valence-corrected chi connectivity index (χ0v) is 16.0. The van der Waals surface area contributed by atoms with E-state index >= 15 is 0 Å². The van der Waals surface area contributed by atoms with E-state index < -0.39 is 17.0 Å². The number of ether oxygens (including phenoxy) is 1. The van der Waals surface area contributed by atoms with Crippen LogP contribution in [0.2, 0.25) is 0 Å². The summed E-state index contributed by atoms with van der Waals surface area (Å²) in [5.41, 5.74) is 1.38. The molecule has 8 heteroatoms. The fraction of sp³-hybridized carbons (Fsp3) is 0.136. The zero-order chi connectivity index (χ0) is 21.1. The van der Waals surface area contributed by atoms with Crippen LogP contribution in [0.1, 0.15) is 24.5 Å². The van der Waals surface area contributed by atoms with Crippen molar-refractivity contribution in [1.29, 1.82) is 0 Å². The van der Waals surface area contributed by atoms with Gasteiger partial charge in [0.05, 0.1) is 11.3 Å². The minimum Gasteiger partial charge on any atom is -0.452 e. The first-order valence-electron chi connectivity index (χ1n) is 9.25. The molecule has 3 aromatic carbocycles. The summed E-state index contributed by atoms with van der Waals surface area (Å²) in [5, 5.41) is 20.7. The zero-order valence-electron chi connectivity index (χ0n) is 16.0. The largest absolute Gasteiger partial charge is 0.452 e. The van der Waals surface area contributed by atoms with Gasteiger partial charge in [-0.3, -0.25) is 14.9 Å². The highest BCUT2D eigenvalue weighted by molar-refractivity contribution is 5.89. The van der Waals surface area contributed by atoms with Crippen LogP contribution in [0.5, 0.6) is 0 Å². The third kappa shape index (κ3) is 4.02. The Morgan fingerprint density at radius 1 is 1.07 bits per heavy atom. The molecule has 0 radical (unpaired) electrons. The predicted molar refractivity (Wildman–Crippen MR) is 109 cm³/mol. The lowest BCUT2D eigenvalue weighted by atomic mass is 10.0. The predicted octanol–water partition coefficient (Wildman–Crippen LogP) is 4.64. The lowest BCUT2D eigenvalue weighted by Crippen LogP contribution is -2.12. The second-order valence-electron chi connectivity index (χ2n) is 6.70. The second-order valence-corrected chi connectivity index (χ2v) is 6.70. The highest BCUT2D eigenvalue weighted by Gasteiger charge is 2.20. The van der Waals surface area contributed by atoms with E-state index in [1.165, 1.54) is 24.3 Å². The van der Waals surface area contributed by atoms with Gasteiger partial charge in [0.15, 0.2) is 6.10 Å². The van der Waals surface area contributed by atoms with Crippen molar-refractivity contribution in [2.45, 2.75) is 19.4 Å². The molecule has 8 nitrogen and oxygen atoms in total. The fourth-order valence-corrected chi connectivity index (χ4v) is 3.13. The number of carbonyl (C=O) groups is 1. The highest BCUT2D eigenvalue weighted by Crippen LogP contribution is 2.25. The molecule has 0 aliphatic rings. The Kier molecular flexibility index (Phi) is 5.21. The molecule has 0 amide bonds. The molecule has 0 N–H and O–H groups in total. The van der Waals surface area contributed by atoms with Crippen LogP contribution in [0.25, 0.3) is 22.2 Å². The normalized spacial score (nSPS) is 11.9. The molecule has 0 unspecified atom stereocenters. The van der Waals surface area contributed by atoms with Gasteiger partial charge in [-0.2, -0.15) is 0 Å². The molecular weight excluding hydrogens is 386 g/mol. The van der Waals surface area contributed by atoms with Crippen molar-refractivity contribution in [3.63, 3.8) is 0 Å². The van der Waals surface area contributed by atoms with Gasteiger partial charge in [0, 0.05) is 17.7 Å². The maximum atomic E-state index is 12.4. The molecule has 0 aliphatic carbocycles. The number of non-ortho nitro benzene ring substituents is 1. The van der Waals surface area contributed by atoms with Crippen molar-refractivity contribution in [1.82, 2.24) is 10.2 Å². The van der Waals surface area contributed by atoms with E-state index in [4.69, 9.17) is 9.15 Å². The number of hydrogen-bond donors (Lipinski definition) is 0. The van der Waals surface area contributed by atoms with Crippen LogP contribution >= 0.6 is 0 Å². The number of nitro groups is 1. The number of hydrogen-bond acceptors (Lipinski definition) is 7. The first kappa shape index (κ1) is 19.3. The average Bonchev–Trinajstić information content (AvgIpc) is 3.24. The van der Waals surface area contributed by atoms with Gasteiger partial charge < -0.3 is 9.15 Å². The van der Waals surface area contributed by atoms with Crippen molar-refractivity contribution in [3.05, 3.63) is 88.3 Å². The van der Waals surface area contributed by atoms with E-state index in [-0.39, 0.29) is 23.9 Å². The molecule has 4 aromatic rings. The van der Waals surface area contributed by atoms with Gasteiger partial charge in [-0.25, -0.2) is 0 Å². The fourth-order valence-electron chi connectivity index (χ4n) is 3.13. The lowest BCUT2D eigenvalue weighted by molar-refractivity contribution is -0.384. The van der Waals surface area contributed by atoms with Gasteiger partial charge >= 0.3 is 5.97 Å². The van der Waals surface area contributed by atoms with Gasteiger partial charge in [-0.1, -0.05) is 42.5 Å². The van der Waals surface area contributed by atoms with Crippen molar-refractivity contribution in [2.24, 2.45) is 0 Å². The summed E-state index contributed by atoms with van der Waals surface area (Å²) in [5.74, 6) is -0.0691. The van der Waals surface area contributed by atoms with E-state index in [2.05, 4.69) is 10.2 Å². The first-order chi connectivity index (χ1) is 14.5. The summed E-state index contributed by atoms with van der Waals surface area (Å²) in [4.78, 5) is 22.7. The molecule has 150 valence electrons. The summed E-state index contributed by atoms with van der Waals surface area (Å²) < 4.78 is 11.0. The summed E-state index contributed by atoms with van der Waals surface area (Å²) in [6.45, 7) is 1.65. The van der Waals surface area contributed by atoms with Crippen molar-refractivity contribution >= 4 is 22.4 Å². The number of nitro benzene ring substituents is 1. The van der Waals surface area contributed by atoms with E-state index in [0.717, 1.165) is 16.3 Å². The van der Waals surface area contributed by atoms with Crippen molar-refractivity contribution < 1.29 is 18.9 Å². The van der Waals surface area contributed by atoms with Crippen LogP contribution in [-0.4, -0.2) is 21.1 Å². The quantitative estimate of drug-likeness (QED) is 0.262. The molecule has 1 atom stereocenters. The smallest absolute Gasteiger partial charge is 0.311 e. The topological polar surface area (TPSA) is 108 Å². The van der Waals surface area contributed by atoms with Gasteiger partial charge in [-0.05, 0) is 35.4 Å². The van der Waals surface area contributed by atoms with Crippen molar-refractivity contribution in [2.75, 3.05) is 0 Å². The van der Waals surface area contributed by atoms with Gasteiger partial charge in [0.1, 0.15) is 0 Å². The number of benzene rings is 3. The third-order valence-electron chi connectivity index (χ3n) is 4.64. The standard InChI is InChI=1S/C22H17N3O5/c1-14(21-23-24-22(30-21)16-9-11-18(12-10-16)25(27)28)29-20(26)13-17-7-4-6-15-5-2-3-8-19(15)17/h2-12,14H,13H2,1H3/t14-/m0/s1. The van der Waals surface area contributed by atoms with Gasteiger partial charge in [0.25, 0.3) is 11.6 Å². The molecule has 0 saturated heterocycles. The Labute approximate surface area is 171 Å². The Bertz CT molecular complexity index is 1210. The monoisotopic (exact) mass is 403 g/mol. The van der Waals surface area contributed by atoms with E-state index in [1.807, 2.05) is 42.5 Å². The number of fused-ring (bicyclic) bond motifs is 1. The maximum Gasteiger partial charge on any atom is 0.311 e. The Morgan fingerprint density at radius 2 is 1.80 bits per heavy atom. The van der Waals surface area contributed by atoms with Crippen LogP contribution in [0, 0.1) is 10.1 Å². The van der Waals surface area contributed by atoms with E-state index in [1.54, 1.807) is 6.92 Å². The lowest BCUT2D eigenvalue weighted by Gasteiger charge is -2.10. The molecule has 0 fully saturated rings. The Balaban J connectivity index is 1.44. The minimum atomic E-state index is -0.730. The number of rotatable bonds is 6. The SMILES string of the molecule is C[C@H](OC(=O)Cc1cccc2ccccc12)c1nnc(-c2ccc([N+](=O)[O-])cc2)o1. The molecule has 0 saturated carbocycles. The molecule has 0 bridgehead atoms. The van der Waals surface area contributed by atoms with Crippen LogP contribution < -0.4 is 0 Å². The molecule has 4 rings (SSSR count). The van der Waals surface area contributed by atoms with Crippen LogP contribution in [-0.2, 0) is 16.0 Å². The summed E-state index contributed by atoms with van der Waals surface area (Å²) in [7, 11) is 0. The maximum absolute atomic E-state index is 12.4. The highest BCUT2D eigenvalue weighted by atomic mass is 16.6. The summed E-state index contributed by atoms with van der Waals surface area (Å²) in [6, 6.07) is 19.4. The molecule has 1 heterocycles. The molecule has 1 aromatic heterocycles. The molecule has 30 heavy (non-hydrogen) atoms. The van der Waals surface area contributed by atoms with Gasteiger partial charge in [-0.15, -0.1) is 10.2 Å². The molecule has 0 spiro atoms.